The molecule has 6 nitrogen and oxygen atoms in total. The maximum atomic E-state index is 13.6. The van der Waals surface area contributed by atoms with E-state index in [1.54, 1.807) is 0 Å². The van der Waals surface area contributed by atoms with E-state index in [1.807, 2.05) is 0 Å². The lowest BCUT2D eigenvalue weighted by molar-refractivity contribution is -0.141. The van der Waals surface area contributed by atoms with Gasteiger partial charge in [0.15, 0.2) is 11.5 Å². The van der Waals surface area contributed by atoms with E-state index in [0.717, 1.165) is 10.7 Å². The molecule has 0 spiro atoms. The van der Waals surface area contributed by atoms with Crippen molar-refractivity contribution < 1.29 is 22.3 Å². The minimum absolute atomic E-state index is 0.0457. The fourth-order valence-electron chi connectivity index (χ4n) is 2.28. The molecule has 3 aromatic rings. The highest BCUT2D eigenvalue weighted by atomic mass is 79.9. The lowest BCUT2D eigenvalue weighted by Gasteiger charge is -2.10. The summed E-state index contributed by atoms with van der Waals surface area (Å²) in [7, 11) is 1.39. The minimum atomic E-state index is -4.57. The molecule has 2 aromatic heterocycles. The molecule has 0 saturated carbocycles. The molecule has 0 aliphatic heterocycles. The molecule has 0 radical (unpaired) electrons. The number of alkyl halides is 3. The highest BCUT2D eigenvalue weighted by Gasteiger charge is 2.34. The molecule has 0 atom stereocenters. The van der Waals surface area contributed by atoms with Crippen LogP contribution in [0.25, 0.3) is 5.82 Å². The third-order valence-electron chi connectivity index (χ3n) is 3.47. The summed E-state index contributed by atoms with van der Waals surface area (Å²) in [6.45, 7) is 1.47. The van der Waals surface area contributed by atoms with E-state index >= 15 is 0 Å². The second-order valence-electron chi connectivity index (χ2n) is 5.45. The fraction of sp³-hybridized carbons (Fsp3) is 0.188. The predicted molar refractivity (Wildman–Crippen MR) is 92.8 cm³/mol. The van der Waals surface area contributed by atoms with Crippen molar-refractivity contribution in [1.82, 2.24) is 19.7 Å². The second-order valence-corrected chi connectivity index (χ2v) is 6.30. The Morgan fingerprint density at radius 1 is 1.19 bits per heavy atom. The largest absolute Gasteiger partial charge is 0.497 e. The molecule has 0 unspecified atom stereocenters. The van der Waals surface area contributed by atoms with Gasteiger partial charge in [0.05, 0.1) is 11.6 Å². The number of hydrogen-bond acceptors (Lipinski definition) is 5. The molecule has 0 bridgehead atoms. The number of nitrogens with zero attached hydrogens (tertiary/aromatic N) is 4. The Kier molecular flexibility index (Phi) is 5.05. The first-order valence-electron chi connectivity index (χ1n) is 7.46. The molecule has 0 aliphatic carbocycles. The van der Waals surface area contributed by atoms with Crippen LogP contribution in [0.4, 0.5) is 29.2 Å². The normalized spacial score (nSPS) is 11.5. The maximum absolute atomic E-state index is 13.6. The van der Waals surface area contributed by atoms with Crippen LogP contribution < -0.4 is 10.1 Å². The molecule has 0 amide bonds. The van der Waals surface area contributed by atoms with Gasteiger partial charge in [-0.05, 0) is 35.0 Å². The predicted octanol–water partition coefficient (Wildman–Crippen LogP) is 4.64. The third-order valence-corrected chi connectivity index (χ3v) is 4.03. The van der Waals surface area contributed by atoms with Crippen LogP contribution in [0.2, 0.25) is 0 Å². The summed E-state index contributed by atoms with van der Waals surface area (Å²) in [4.78, 5) is 8.21. The summed E-state index contributed by atoms with van der Waals surface area (Å²) in [6.07, 6.45) is -3.22. The number of aryl methyl sites for hydroxylation is 1. The van der Waals surface area contributed by atoms with E-state index in [4.69, 9.17) is 4.74 Å². The van der Waals surface area contributed by atoms with Crippen LogP contribution in [-0.4, -0.2) is 26.9 Å². The quantitative estimate of drug-likeness (QED) is 0.592. The Balaban J connectivity index is 1.98. The average Bonchev–Trinajstić information content (AvgIpc) is 2.98. The van der Waals surface area contributed by atoms with Gasteiger partial charge in [-0.2, -0.15) is 23.3 Å². The number of methoxy groups -OCH3 is 1. The van der Waals surface area contributed by atoms with Crippen LogP contribution in [0.5, 0.6) is 5.75 Å². The molecule has 142 valence electrons. The topological polar surface area (TPSA) is 64.9 Å². The van der Waals surface area contributed by atoms with Crippen molar-refractivity contribution in [2.24, 2.45) is 0 Å². The molecule has 2 heterocycles. The molecule has 1 N–H and O–H groups in total. The van der Waals surface area contributed by atoms with Crippen molar-refractivity contribution in [3.63, 3.8) is 0 Å². The van der Waals surface area contributed by atoms with Gasteiger partial charge in [0.2, 0.25) is 5.95 Å². The highest BCUT2D eigenvalue weighted by Crippen LogP contribution is 2.30. The molecule has 27 heavy (non-hydrogen) atoms. The lowest BCUT2D eigenvalue weighted by atomic mass is 10.3. The number of rotatable bonds is 4. The van der Waals surface area contributed by atoms with Gasteiger partial charge in [-0.25, -0.2) is 14.1 Å². The Bertz CT molecular complexity index is 989. The number of anilines is 2. The lowest BCUT2D eigenvalue weighted by Crippen LogP contribution is -2.10. The van der Waals surface area contributed by atoms with Gasteiger partial charge in [0, 0.05) is 29.7 Å². The van der Waals surface area contributed by atoms with Gasteiger partial charge >= 0.3 is 6.18 Å². The van der Waals surface area contributed by atoms with Crippen LogP contribution >= 0.6 is 15.9 Å². The van der Waals surface area contributed by atoms with Crippen molar-refractivity contribution in [3.8, 4) is 11.6 Å². The third kappa shape index (κ3) is 4.18. The monoisotopic (exact) mass is 445 g/mol. The first kappa shape index (κ1) is 19.1. The number of aromatic nitrogens is 4. The molecular formula is C16H12BrF4N5O. The summed E-state index contributed by atoms with van der Waals surface area (Å²) < 4.78 is 58.7. The van der Waals surface area contributed by atoms with Crippen LogP contribution in [-0.2, 0) is 6.18 Å². The Labute approximate surface area is 159 Å². The highest BCUT2D eigenvalue weighted by molar-refractivity contribution is 9.10. The summed E-state index contributed by atoms with van der Waals surface area (Å²) in [5.74, 6) is -0.104. The zero-order valence-electron chi connectivity index (χ0n) is 14.0. The van der Waals surface area contributed by atoms with E-state index in [9.17, 15) is 17.6 Å². The molecule has 0 fully saturated rings. The van der Waals surface area contributed by atoms with Crippen LogP contribution in [0.1, 0.15) is 11.4 Å². The zero-order valence-corrected chi connectivity index (χ0v) is 15.6. The van der Waals surface area contributed by atoms with E-state index in [0.29, 0.717) is 10.2 Å². The van der Waals surface area contributed by atoms with Crippen molar-refractivity contribution in [1.29, 1.82) is 0 Å². The van der Waals surface area contributed by atoms with E-state index in [2.05, 4.69) is 36.3 Å². The SMILES string of the molecule is COc1cc(F)cc(Nc2ncc(Br)c(-n3nc(C(F)(F)F)cc3C)n2)c1. The molecule has 1 aromatic carbocycles. The van der Waals surface area contributed by atoms with Crippen molar-refractivity contribution in [3.05, 3.63) is 52.1 Å². The van der Waals surface area contributed by atoms with Crippen LogP contribution in [0.3, 0.4) is 0 Å². The fourth-order valence-corrected chi connectivity index (χ4v) is 2.64. The summed E-state index contributed by atoms with van der Waals surface area (Å²) in [5.41, 5.74) is -0.483. The molecule has 11 heteroatoms. The molecule has 0 aliphatic rings. The number of nitrogens with one attached hydrogen (secondary N) is 1. The molecule has 0 saturated heterocycles. The van der Waals surface area contributed by atoms with Gasteiger partial charge in [-0.3, -0.25) is 0 Å². The number of ether oxygens (including phenoxy) is 1. The number of hydrogen-bond donors (Lipinski definition) is 1. The standard InChI is InChI=1S/C16H12BrF4N5O/c1-8-3-13(16(19,20)21)25-26(8)14-12(17)7-22-15(24-14)23-10-4-9(18)5-11(6-10)27-2/h3-7H,1-2H3,(H,22,23,24). The van der Waals surface area contributed by atoms with Gasteiger partial charge in [-0.1, -0.05) is 0 Å². The number of benzene rings is 1. The Morgan fingerprint density at radius 3 is 2.56 bits per heavy atom. The van der Waals surface area contributed by atoms with Gasteiger partial charge in [0.25, 0.3) is 0 Å². The minimum Gasteiger partial charge on any atom is -0.497 e. The maximum Gasteiger partial charge on any atom is 0.435 e. The summed E-state index contributed by atoms with van der Waals surface area (Å²) in [6, 6.07) is 4.84. The summed E-state index contributed by atoms with van der Waals surface area (Å²) in [5, 5.41) is 6.35. The van der Waals surface area contributed by atoms with Crippen molar-refractivity contribution in [2.45, 2.75) is 13.1 Å². The van der Waals surface area contributed by atoms with Crippen molar-refractivity contribution >= 4 is 27.6 Å². The van der Waals surface area contributed by atoms with E-state index in [1.165, 1.54) is 38.4 Å². The van der Waals surface area contributed by atoms with E-state index in [-0.39, 0.29) is 23.2 Å². The first-order valence-corrected chi connectivity index (χ1v) is 8.25. The second kappa shape index (κ2) is 7.14. The number of halogens is 5. The van der Waals surface area contributed by atoms with Gasteiger partial charge in [-0.15, -0.1) is 0 Å². The smallest absolute Gasteiger partial charge is 0.435 e. The zero-order chi connectivity index (χ0) is 19.8. The molecule has 3 rings (SSSR count). The van der Waals surface area contributed by atoms with Gasteiger partial charge < -0.3 is 10.1 Å². The van der Waals surface area contributed by atoms with E-state index < -0.39 is 17.7 Å². The molecular weight excluding hydrogens is 434 g/mol. The Hall–Kier alpha value is -2.69. The first-order chi connectivity index (χ1) is 12.7. The average molecular weight is 446 g/mol. The Morgan fingerprint density at radius 2 is 1.93 bits per heavy atom. The van der Waals surface area contributed by atoms with Gasteiger partial charge in [0.1, 0.15) is 11.6 Å². The van der Waals surface area contributed by atoms with Crippen LogP contribution in [0, 0.1) is 12.7 Å². The van der Waals surface area contributed by atoms with Crippen LogP contribution in [0.15, 0.2) is 34.9 Å². The van der Waals surface area contributed by atoms with Crippen molar-refractivity contribution in [2.75, 3.05) is 12.4 Å². The summed E-state index contributed by atoms with van der Waals surface area (Å²) >= 11 is 3.21.